The van der Waals surface area contributed by atoms with Crippen LogP contribution in [0.2, 0.25) is 0 Å². The second kappa shape index (κ2) is 6.74. The van der Waals surface area contributed by atoms with E-state index in [0.29, 0.717) is 0 Å². The van der Waals surface area contributed by atoms with Crippen LogP contribution in [-0.2, 0) is 16.1 Å². The van der Waals surface area contributed by atoms with Gasteiger partial charge in [0, 0.05) is 18.8 Å². The molecular weight excluding hydrogens is 268 g/mol. The van der Waals surface area contributed by atoms with E-state index >= 15 is 0 Å². The smallest absolute Gasteiger partial charge is 0.244 e. The van der Waals surface area contributed by atoms with Crippen LogP contribution in [0.25, 0.3) is 0 Å². The molecule has 1 aliphatic rings. The Bertz CT molecular complexity index is 518. The van der Waals surface area contributed by atoms with Crippen molar-refractivity contribution in [2.24, 2.45) is 0 Å². The van der Waals surface area contributed by atoms with E-state index in [0.717, 1.165) is 37.3 Å². The van der Waals surface area contributed by atoms with Gasteiger partial charge in [-0.05, 0) is 46.1 Å². The Hall–Kier alpha value is -1.85. The molecule has 1 aromatic rings. The van der Waals surface area contributed by atoms with Gasteiger partial charge in [-0.3, -0.25) is 14.3 Å². The van der Waals surface area contributed by atoms with Crippen LogP contribution in [-0.4, -0.2) is 45.6 Å². The fourth-order valence-corrected chi connectivity index (χ4v) is 2.71. The molecule has 0 radical (unpaired) electrons. The Morgan fingerprint density at radius 1 is 1.29 bits per heavy atom. The Morgan fingerprint density at radius 3 is 2.52 bits per heavy atom. The summed E-state index contributed by atoms with van der Waals surface area (Å²) in [4.78, 5) is 26.1. The highest BCUT2D eigenvalue weighted by atomic mass is 16.2. The van der Waals surface area contributed by atoms with E-state index < -0.39 is 6.04 Å². The molecule has 1 aromatic heterocycles. The molecule has 6 heteroatoms. The molecule has 2 rings (SSSR count). The highest BCUT2D eigenvalue weighted by molar-refractivity contribution is 5.87. The summed E-state index contributed by atoms with van der Waals surface area (Å²) in [6.45, 7) is 7.31. The number of aryl methyl sites for hydroxylation is 2. The number of hydrogen-bond donors (Lipinski definition) is 1. The van der Waals surface area contributed by atoms with Crippen LogP contribution >= 0.6 is 0 Å². The Labute approximate surface area is 125 Å². The first-order valence-corrected chi connectivity index (χ1v) is 7.56. The van der Waals surface area contributed by atoms with Crippen molar-refractivity contribution < 1.29 is 9.59 Å². The van der Waals surface area contributed by atoms with Gasteiger partial charge in [0.2, 0.25) is 11.8 Å². The maximum atomic E-state index is 12.2. The predicted octanol–water partition coefficient (Wildman–Crippen LogP) is 1.02. The van der Waals surface area contributed by atoms with Gasteiger partial charge < -0.3 is 10.2 Å². The Kier molecular flexibility index (Phi) is 4.98. The lowest BCUT2D eigenvalue weighted by Crippen LogP contribution is -2.49. The molecule has 0 aliphatic carbocycles. The summed E-state index contributed by atoms with van der Waals surface area (Å²) < 4.78 is 1.66. The van der Waals surface area contributed by atoms with Crippen molar-refractivity contribution in [1.82, 2.24) is 20.0 Å². The van der Waals surface area contributed by atoms with Gasteiger partial charge in [-0.15, -0.1) is 0 Å². The molecule has 1 saturated heterocycles. The minimum absolute atomic E-state index is 0.0106. The van der Waals surface area contributed by atoms with E-state index in [1.807, 2.05) is 24.8 Å². The minimum Gasteiger partial charge on any atom is -0.343 e. The molecule has 1 N–H and O–H groups in total. The van der Waals surface area contributed by atoms with Crippen molar-refractivity contribution in [2.45, 2.75) is 52.6 Å². The number of aromatic nitrogens is 2. The standard InChI is InChI=1S/C15H24N4O2/c1-11-9-12(2)19(17-11)10-14(20)16-13(3)15(21)18-7-5-4-6-8-18/h9,13H,4-8,10H2,1-3H3,(H,16,20). The zero-order chi connectivity index (χ0) is 15.4. The molecule has 21 heavy (non-hydrogen) atoms. The summed E-state index contributed by atoms with van der Waals surface area (Å²) >= 11 is 0. The van der Waals surface area contributed by atoms with Crippen LogP contribution in [0.4, 0.5) is 0 Å². The number of rotatable bonds is 4. The fraction of sp³-hybridized carbons (Fsp3) is 0.667. The lowest BCUT2D eigenvalue weighted by atomic mass is 10.1. The maximum absolute atomic E-state index is 12.2. The van der Waals surface area contributed by atoms with Crippen LogP contribution in [0.1, 0.15) is 37.6 Å². The first kappa shape index (κ1) is 15.5. The van der Waals surface area contributed by atoms with Gasteiger partial charge in [0.05, 0.1) is 5.69 Å². The zero-order valence-corrected chi connectivity index (χ0v) is 13.1. The molecule has 1 aliphatic heterocycles. The van der Waals surface area contributed by atoms with Crippen LogP contribution < -0.4 is 5.32 Å². The Morgan fingerprint density at radius 2 is 1.95 bits per heavy atom. The molecule has 2 amide bonds. The third-order valence-electron chi connectivity index (χ3n) is 3.81. The summed E-state index contributed by atoms with van der Waals surface area (Å²) in [6.07, 6.45) is 3.29. The van der Waals surface area contributed by atoms with Crippen molar-refractivity contribution in [2.75, 3.05) is 13.1 Å². The normalized spacial score (nSPS) is 16.6. The predicted molar refractivity (Wildman–Crippen MR) is 79.7 cm³/mol. The fourth-order valence-electron chi connectivity index (χ4n) is 2.71. The SMILES string of the molecule is Cc1cc(C)n(CC(=O)NC(C)C(=O)N2CCCCC2)n1. The number of carbonyl (C=O) groups is 2. The van der Waals surface area contributed by atoms with E-state index in [4.69, 9.17) is 0 Å². The molecule has 1 atom stereocenters. The van der Waals surface area contributed by atoms with Gasteiger partial charge >= 0.3 is 0 Å². The lowest BCUT2D eigenvalue weighted by molar-refractivity contribution is -0.136. The number of hydrogen-bond acceptors (Lipinski definition) is 3. The van der Waals surface area contributed by atoms with Gasteiger partial charge in [-0.2, -0.15) is 5.10 Å². The third kappa shape index (κ3) is 4.06. The number of nitrogens with zero attached hydrogens (tertiary/aromatic N) is 3. The monoisotopic (exact) mass is 292 g/mol. The van der Waals surface area contributed by atoms with Gasteiger partial charge in [0.15, 0.2) is 0 Å². The molecular formula is C15H24N4O2. The summed E-state index contributed by atoms with van der Waals surface area (Å²) in [5, 5.41) is 7.02. The molecule has 116 valence electrons. The molecule has 1 fully saturated rings. The molecule has 2 heterocycles. The molecule has 0 aromatic carbocycles. The molecule has 1 unspecified atom stereocenters. The van der Waals surface area contributed by atoms with E-state index in [9.17, 15) is 9.59 Å². The largest absolute Gasteiger partial charge is 0.343 e. The van der Waals surface area contributed by atoms with Gasteiger partial charge in [-0.25, -0.2) is 0 Å². The van der Waals surface area contributed by atoms with Crippen molar-refractivity contribution in [3.63, 3.8) is 0 Å². The van der Waals surface area contributed by atoms with Crippen molar-refractivity contribution in [1.29, 1.82) is 0 Å². The average molecular weight is 292 g/mol. The first-order valence-electron chi connectivity index (χ1n) is 7.56. The molecule has 0 bridgehead atoms. The van der Waals surface area contributed by atoms with Gasteiger partial charge in [0.25, 0.3) is 0 Å². The van der Waals surface area contributed by atoms with E-state index in [-0.39, 0.29) is 18.4 Å². The van der Waals surface area contributed by atoms with Gasteiger partial charge in [0.1, 0.15) is 12.6 Å². The summed E-state index contributed by atoms with van der Waals surface area (Å²) in [7, 11) is 0. The number of carbonyl (C=O) groups excluding carboxylic acids is 2. The second-order valence-electron chi connectivity index (χ2n) is 5.76. The Balaban J connectivity index is 1.86. The van der Waals surface area contributed by atoms with Crippen molar-refractivity contribution in [3.05, 3.63) is 17.5 Å². The summed E-state index contributed by atoms with van der Waals surface area (Å²) in [5.74, 6) is -0.171. The van der Waals surface area contributed by atoms with Crippen molar-refractivity contribution in [3.8, 4) is 0 Å². The number of nitrogens with one attached hydrogen (secondary N) is 1. The maximum Gasteiger partial charge on any atom is 0.244 e. The highest BCUT2D eigenvalue weighted by Gasteiger charge is 2.23. The summed E-state index contributed by atoms with van der Waals surface area (Å²) in [6, 6.07) is 1.45. The van der Waals surface area contributed by atoms with Crippen molar-refractivity contribution >= 4 is 11.8 Å². The van der Waals surface area contributed by atoms with Gasteiger partial charge in [-0.1, -0.05) is 0 Å². The molecule has 0 spiro atoms. The molecule has 6 nitrogen and oxygen atoms in total. The third-order valence-corrected chi connectivity index (χ3v) is 3.81. The average Bonchev–Trinajstić information content (AvgIpc) is 2.76. The first-order chi connectivity index (χ1) is 9.97. The van der Waals surface area contributed by atoms with Crippen LogP contribution in [0, 0.1) is 13.8 Å². The lowest BCUT2D eigenvalue weighted by Gasteiger charge is -2.29. The van der Waals surface area contributed by atoms with Crippen LogP contribution in [0.3, 0.4) is 0 Å². The number of amides is 2. The van der Waals surface area contributed by atoms with E-state index in [1.54, 1.807) is 11.6 Å². The topological polar surface area (TPSA) is 67.2 Å². The molecule has 0 saturated carbocycles. The number of piperidine rings is 1. The minimum atomic E-state index is -0.479. The quantitative estimate of drug-likeness (QED) is 0.901. The van der Waals surface area contributed by atoms with Crippen LogP contribution in [0.5, 0.6) is 0 Å². The summed E-state index contributed by atoms with van der Waals surface area (Å²) in [5.41, 5.74) is 1.83. The second-order valence-corrected chi connectivity index (χ2v) is 5.76. The van der Waals surface area contributed by atoms with Crippen LogP contribution in [0.15, 0.2) is 6.07 Å². The number of likely N-dealkylation sites (tertiary alicyclic amines) is 1. The van der Waals surface area contributed by atoms with E-state index in [1.165, 1.54) is 6.42 Å². The highest BCUT2D eigenvalue weighted by Crippen LogP contribution is 2.10. The zero-order valence-electron chi connectivity index (χ0n) is 13.1. The van der Waals surface area contributed by atoms with E-state index in [2.05, 4.69) is 10.4 Å².